The number of nitrogens with two attached hydrogens (primary N) is 1. The zero-order valence-electron chi connectivity index (χ0n) is 14.9. The molecule has 1 unspecified atom stereocenters. The molecule has 9 heteroatoms. The van der Waals surface area contributed by atoms with E-state index in [0.29, 0.717) is 18.0 Å². The number of aliphatic hydroxyl groups is 1. The molecular weight excluding hydrogens is 342 g/mol. The van der Waals surface area contributed by atoms with Gasteiger partial charge in [-0.2, -0.15) is 0 Å². The summed E-state index contributed by atoms with van der Waals surface area (Å²) in [6, 6.07) is 3.75. The predicted octanol–water partition coefficient (Wildman–Crippen LogP) is 0.0264. The highest BCUT2D eigenvalue weighted by Gasteiger charge is 2.23. The lowest BCUT2D eigenvalue weighted by molar-refractivity contribution is -0.143. The fraction of sp³-hybridized carbons (Fsp3) is 0.471. The lowest BCUT2D eigenvalue weighted by atomic mass is 10.1. The van der Waals surface area contributed by atoms with E-state index in [2.05, 4.69) is 15.4 Å². The largest absolute Gasteiger partial charge is 0.489 e. The van der Waals surface area contributed by atoms with E-state index < -0.39 is 23.8 Å². The first-order valence-electron chi connectivity index (χ1n) is 8.21. The highest BCUT2D eigenvalue weighted by Crippen LogP contribution is 2.26. The maximum absolute atomic E-state index is 12.5. The van der Waals surface area contributed by atoms with Crippen LogP contribution in [0.1, 0.15) is 30.1 Å². The van der Waals surface area contributed by atoms with Gasteiger partial charge in [0.05, 0.1) is 19.4 Å². The van der Waals surface area contributed by atoms with Crippen molar-refractivity contribution in [2.24, 2.45) is 5.73 Å². The van der Waals surface area contributed by atoms with Crippen LogP contribution in [0.15, 0.2) is 18.2 Å². The monoisotopic (exact) mass is 367 g/mol. The number of esters is 1. The summed E-state index contributed by atoms with van der Waals surface area (Å²) in [5, 5.41) is 14.5. The Hall–Kier alpha value is -2.81. The van der Waals surface area contributed by atoms with E-state index >= 15 is 0 Å². The van der Waals surface area contributed by atoms with Crippen molar-refractivity contribution in [3.63, 3.8) is 0 Å². The second kappa shape index (κ2) is 10.9. The van der Waals surface area contributed by atoms with Crippen LogP contribution in [-0.4, -0.2) is 55.8 Å². The molecule has 0 aromatic heterocycles. The zero-order valence-corrected chi connectivity index (χ0v) is 14.9. The number of amides is 2. The Morgan fingerprint density at radius 3 is 2.62 bits per heavy atom. The second-order valence-electron chi connectivity index (χ2n) is 5.37. The third kappa shape index (κ3) is 6.60. The smallest absolute Gasteiger partial charge is 0.328 e. The molecule has 0 heterocycles. The minimum absolute atomic E-state index is 0.0388. The van der Waals surface area contributed by atoms with Crippen molar-refractivity contribution in [3.05, 3.63) is 23.8 Å². The zero-order chi connectivity index (χ0) is 19.5. The first-order valence-corrected chi connectivity index (χ1v) is 8.21. The van der Waals surface area contributed by atoms with E-state index in [0.717, 1.165) is 0 Å². The van der Waals surface area contributed by atoms with Crippen LogP contribution in [0.3, 0.4) is 0 Å². The number of carbonyl (C=O) groups excluding carboxylic acids is 3. The van der Waals surface area contributed by atoms with Gasteiger partial charge in [-0.1, -0.05) is 0 Å². The molecule has 0 aliphatic rings. The predicted molar refractivity (Wildman–Crippen MR) is 94.9 cm³/mol. The molecule has 0 aliphatic heterocycles. The van der Waals surface area contributed by atoms with Crippen LogP contribution in [0.4, 0.5) is 5.69 Å². The van der Waals surface area contributed by atoms with Crippen molar-refractivity contribution in [2.75, 3.05) is 32.2 Å². The Labute approximate surface area is 151 Å². The standard InChI is InChI=1S/C17H25N3O6/c1-3-19-12-5-4-11(10-14(12)26-9-8-21)16(23)20-13(17(24)25-2)6-7-15(18)22/h4-5,10,13,19,21H,3,6-9H2,1-2H3,(H2,18,22)(H,20,23). The molecule has 0 radical (unpaired) electrons. The molecule has 0 aliphatic carbocycles. The average Bonchev–Trinajstić information content (AvgIpc) is 2.63. The Morgan fingerprint density at radius 1 is 1.31 bits per heavy atom. The molecule has 5 N–H and O–H groups in total. The minimum Gasteiger partial charge on any atom is -0.489 e. The van der Waals surface area contributed by atoms with E-state index in [1.165, 1.54) is 13.2 Å². The van der Waals surface area contributed by atoms with Crippen LogP contribution in [-0.2, 0) is 14.3 Å². The van der Waals surface area contributed by atoms with Crippen LogP contribution in [0, 0.1) is 0 Å². The lowest BCUT2D eigenvalue weighted by Crippen LogP contribution is -2.42. The summed E-state index contributed by atoms with van der Waals surface area (Å²) in [4.78, 5) is 35.2. The number of carbonyl (C=O) groups is 3. The van der Waals surface area contributed by atoms with Crippen molar-refractivity contribution in [1.82, 2.24) is 5.32 Å². The number of anilines is 1. The quantitative estimate of drug-likeness (QED) is 0.404. The molecule has 0 fully saturated rings. The van der Waals surface area contributed by atoms with Gasteiger partial charge in [0.1, 0.15) is 18.4 Å². The summed E-state index contributed by atoms with van der Waals surface area (Å²) >= 11 is 0. The molecule has 1 rings (SSSR count). The summed E-state index contributed by atoms with van der Waals surface area (Å²) in [7, 11) is 1.19. The first kappa shape index (κ1) is 21.2. The molecule has 144 valence electrons. The van der Waals surface area contributed by atoms with Gasteiger partial charge >= 0.3 is 5.97 Å². The number of aliphatic hydroxyl groups excluding tert-OH is 1. The maximum Gasteiger partial charge on any atom is 0.328 e. The lowest BCUT2D eigenvalue weighted by Gasteiger charge is -2.17. The Balaban J connectivity index is 2.94. The van der Waals surface area contributed by atoms with Crippen LogP contribution in [0.2, 0.25) is 0 Å². The van der Waals surface area contributed by atoms with Crippen molar-refractivity contribution in [2.45, 2.75) is 25.8 Å². The number of primary amides is 1. The number of ether oxygens (including phenoxy) is 2. The molecule has 0 bridgehead atoms. The Kier molecular flexibility index (Phi) is 8.93. The molecular formula is C17H25N3O6. The SMILES string of the molecule is CCNc1ccc(C(=O)NC(CCC(N)=O)C(=O)OC)cc1OCCO. The number of methoxy groups -OCH3 is 1. The Morgan fingerprint density at radius 2 is 2.04 bits per heavy atom. The molecule has 0 spiro atoms. The molecule has 9 nitrogen and oxygen atoms in total. The Bertz CT molecular complexity index is 635. The third-order valence-corrected chi connectivity index (χ3v) is 3.43. The van der Waals surface area contributed by atoms with E-state index in [9.17, 15) is 14.4 Å². The topological polar surface area (TPSA) is 140 Å². The molecule has 1 aromatic carbocycles. The van der Waals surface area contributed by atoms with Crippen molar-refractivity contribution >= 4 is 23.5 Å². The van der Waals surface area contributed by atoms with Crippen LogP contribution in [0.25, 0.3) is 0 Å². The van der Waals surface area contributed by atoms with Gasteiger partial charge in [-0.05, 0) is 31.5 Å². The number of rotatable bonds is 11. The number of hydrogen-bond donors (Lipinski definition) is 4. The van der Waals surface area contributed by atoms with Gasteiger partial charge in [0.2, 0.25) is 5.91 Å². The summed E-state index contributed by atoms with van der Waals surface area (Å²) in [5.41, 5.74) is 6.02. The summed E-state index contributed by atoms with van der Waals surface area (Å²) in [6.07, 6.45) is -0.0264. The van der Waals surface area contributed by atoms with Crippen molar-refractivity contribution in [1.29, 1.82) is 0 Å². The molecule has 1 aromatic rings. The highest BCUT2D eigenvalue weighted by atomic mass is 16.5. The first-order chi connectivity index (χ1) is 12.4. The normalized spacial score (nSPS) is 11.3. The van der Waals surface area contributed by atoms with E-state index in [4.69, 9.17) is 15.6 Å². The van der Waals surface area contributed by atoms with Crippen LogP contribution in [0.5, 0.6) is 5.75 Å². The average molecular weight is 367 g/mol. The van der Waals surface area contributed by atoms with Gasteiger partial charge < -0.3 is 30.9 Å². The number of hydrogen-bond acceptors (Lipinski definition) is 7. The van der Waals surface area contributed by atoms with Crippen LogP contribution < -0.4 is 21.1 Å². The summed E-state index contributed by atoms with van der Waals surface area (Å²) in [6.45, 7) is 2.47. The summed E-state index contributed by atoms with van der Waals surface area (Å²) in [5.74, 6) is -1.37. The maximum atomic E-state index is 12.5. The van der Waals surface area contributed by atoms with Crippen molar-refractivity contribution < 1.29 is 29.0 Å². The van der Waals surface area contributed by atoms with Crippen LogP contribution >= 0.6 is 0 Å². The number of nitrogens with one attached hydrogen (secondary N) is 2. The molecule has 1 atom stereocenters. The van der Waals surface area contributed by atoms with E-state index in [-0.39, 0.29) is 31.6 Å². The fourth-order valence-corrected chi connectivity index (χ4v) is 2.19. The molecule has 0 saturated carbocycles. The van der Waals surface area contributed by atoms with E-state index in [1.54, 1.807) is 12.1 Å². The molecule has 2 amide bonds. The van der Waals surface area contributed by atoms with Gasteiger partial charge in [0, 0.05) is 18.5 Å². The van der Waals surface area contributed by atoms with Gasteiger partial charge in [-0.25, -0.2) is 4.79 Å². The van der Waals surface area contributed by atoms with Gasteiger partial charge in [0.25, 0.3) is 5.91 Å². The summed E-state index contributed by atoms with van der Waals surface area (Å²) < 4.78 is 10.1. The minimum atomic E-state index is -0.991. The van der Waals surface area contributed by atoms with Crippen molar-refractivity contribution in [3.8, 4) is 5.75 Å². The highest BCUT2D eigenvalue weighted by molar-refractivity contribution is 5.97. The third-order valence-electron chi connectivity index (χ3n) is 3.43. The van der Waals surface area contributed by atoms with Gasteiger partial charge in [-0.15, -0.1) is 0 Å². The number of benzene rings is 1. The van der Waals surface area contributed by atoms with Gasteiger partial charge in [0.15, 0.2) is 0 Å². The fourth-order valence-electron chi connectivity index (χ4n) is 2.19. The van der Waals surface area contributed by atoms with E-state index in [1.807, 2.05) is 6.92 Å². The second-order valence-corrected chi connectivity index (χ2v) is 5.37. The van der Waals surface area contributed by atoms with Gasteiger partial charge in [-0.3, -0.25) is 9.59 Å². The molecule has 0 saturated heterocycles. The molecule has 26 heavy (non-hydrogen) atoms.